The predicted octanol–water partition coefficient (Wildman–Crippen LogP) is 2.45. The molecule has 0 unspecified atom stereocenters. The maximum absolute atomic E-state index is 12.5. The van der Waals surface area contributed by atoms with Crippen LogP contribution in [-0.4, -0.2) is 53.7 Å². The van der Waals surface area contributed by atoms with E-state index in [0.29, 0.717) is 19.6 Å². The molecule has 0 radical (unpaired) electrons. The number of hydrogen-bond acceptors (Lipinski definition) is 3. The molecule has 3 rings (SSSR count). The summed E-state index contributed by atoms with van der Waals surface area (Å²) >= 11 is 0. The lowest BCUT2D eigenvalue weighted by molar-refractivity contribution is 0.289. The zero-order valence-corrected chi connectivity index (χ0v) is 15.0. The van der Waals surface area contributed by atoms with Gasteiger partial charge in [0.1, 0.15) is 5.82 Å². The summed E-state index contributed by atoms with van der Waals surface area (Å²) in [4.78, 5) is 7.88. The number of nitrogens with zero attached hydrogens (tertiary/aromatic N) is 3. The number of aromatic amines is 1. The summed E-state index contributed by atoms with van der Waals surface area (Å²) in [5.41, 5.74) is 2.05. The van der Waals surface area contributed by atoms with Gasteiger partial charge in [-0.05, 0) is 18.4 Å². The van der Waals surface area contributed by atoms with E-state index >= 15 is 0 Å². The highest BCUT2D eigenvalue weighted by atomic mass is 32.2. The van der Waals surface area contributed by atoms with Crippen molar-refractivity contribution in [2.45, 2.75) is 25.7 Å². The van der Waals surface area contributed by atoms with E-state index in [1.54, 1.807) is 11.4 Å². The molecule has 1 atom stereocenters. The topological polar surface area (TPSA) is 69.3 Å². The zero-order valence-electron chi connectivity index (χ0n) is 14.1. The van der Waals surface area contributed by atoms with Gasteiger partial charge in [0.05, 0.1) is 11.9 Å². The van der Waals surface area contributed by atoms with Crippen LogP contribution in [0.2, 0.25) is 0 Å². The van der Waals surface area contributed by atoms with Gasteiger partial charge < -0.3 is 4.98 Å². The summed E-state index contributed by atoms with van der Waals surface area (Å²) in [6.45, 7) is 3.38. The lowest BCUT2D eigenvalue weighted by Crippen LogP contribution is -2.46. The molecule has 0 bridgehead atoms. The van der Waals surface area contributed by atoms with Crippen LogP contribution in [0.3, 0.4) is 0 Å². The summed E-state index contributed by atoms with van der Waals surface area (Å²) in [7, 11) is -1.75. The first kappa shape index (κ1) is 17.1. The van der Waals surface area contributed by atoms with Crippen molar-refractivity contribution in [3.05, 3.63) is 42.4 Å². The van der Waals surface area contributed by atoms with Gasteiger partial charge in [-0.25, -0.2) is 4.98 Å². The normalized spacial score (nSPS) is 19.7. The molecule has 0 saturated carbocycles. The van der Waals surface area contributed by atoms with E-state index in [1.165, 1.54) is 4.31 Å². The third-order valence-corrected chi connectivity index (χ3v) is 6.65. The first-order chi connectivity index (χ1) is 11.5. The number of piperidine rings is 1. The average Bonchev–Trinajstić information content (AvgIpc) is 3.12. The Bertz CT molecular complexity index is 773. The molecule has 1 fully saturated rings. The second-order valence-electron chi connectivity index (χ2n) is 6.17. The van der Waals surface area contributed by atoms with Gasteiger partial charge in [0.15, 0.2) is 0 Å². The third-order valence-electron chi connectivity index (χ3n) is 4.62. The quantitative estimate of drug-likeness (QED) is 0.902. The van der Waals surface area contributed by atoms with Crippen LogP contribution in [0.25, 0.3) is 11.3 Å². The smallest absolute Gasteiger partial charge is 0.281 e. The number of aromatic nitrogens is 2. The van der Waals surface area contributed by atoms with Crippen molar-refractivity contribution in [3.63, 3.8) is 0 Å². The highest BCUT2D eigenvalue weighted by molar-refractivity contribution is 7.86. The number of benzene rings is 1. The van der Waals surface area contributed by atoms with Crippen molar-refractivity contribution in [1.82, 2.24) is 18.6 Å². The van der Waals surface area contributed by atoms with Gasteiger partial charge in [0.25, 0.3) is 10.2 Å². The molecule has 130 valence electrons. The van der Waals surface area contributed by atoms with Crippen LogP contribution in [0.15, 0.2) is 36.5 Å². The van der Waals surface area contributed by atoms with Crippen molar-refractivity contribution in [3.8, 4) is 11.3 Å². The summed E-state index contributed by atoms with van der Waals surface area (Å²) in [5.74, 6) is 0.976. The predicted molar refractivity (Wildman–Crippen MR) is 94.8 cm³/mol. The Balaban J connectivity index is 1.77. The van der Waals surface area contributed by atoms with Gasteiger partial charge in [-0.1, -0.05) is 37.3 Å². The minimum Gasteiger partial charge on any atom is -0.342 e. The maximum atomic E-state index is 12.5. The number of rotatable bonds is 5. The van der Waals surface area contributed by atoms with Crippen LogP contribution >= 0.6 is 0 Å². The molecule has 0 spiro atoms. The van der Waals surface area contributed by atoms with E-state index in [4.69, 9.17) is 0 Å². The fourth-order valence-electron chi connectivity index (χ4n) is 3.04. The summed E-state index contributed by atoms with van der Waals surface area (Å²) in [5, 5.41) is 0. The van der Waals surface area contributed by atoms with E-state index in [2.05, 4.69) is 9.97 Å². The fraction of sp³-hybridized carbons (Fsp3) is 0.471. The summed E-state index contributed by atoms with van der Waals surface area (Å²) in [6.07, 6.45) is 3.63. The van der Waals surface area contributed by atoms with E-state index < -0.39 is 10.2 Å². The molecule has 1 N–H and O–H groups in total. The minimum atomic E-state index is -3.37. The molecule has 6 nitrogen and oxygen atoms in total. The van der Waals surface area contributed by atoms with Crippen LogP contribution in [0, 0.1) is 0 Å². The Morgan fingerprint density at radius 2 is 2.08 bits per heavy atom. The van der Waals surface area contributed by atoms with Gasteiger partial charge in [0, 0.05) is 32.6 Å². The molecular weight excluding hydrogens is 324 g/mol. The zero-order chi connectivity index (χ0) is 17.2. The summed E-state index contributed by atoms with van der Waals surface area (Å²) in [6, 6.07) is 10.0. The standard InChI is InChI=1S/C17H24N4O2S/c1-3-20(2)24(22,23)21-11-7-10-15(13-21)17-18-12-16(19-17)14-8-5-4-6-9-14/h4-6,8-9,12,15H,3,7,10-11,13H2,1-2H3,(H,18,19)/t15-/m1/s1. The molecule has 24 heavy (non-hydrogen) atoms. The van der Waals surface area contributed by atoms with Gasteiger partial charge in [-0.3, -0.25) is 0 Å². The van der Waals surface area contributed by atoms with Crippen molar-refractivity contribution < 1.29 is 8.42 Å². The van der Waals surface area contributed by atoms with Crippen molar-refractivity contribution in [2.24, 2.45) is 0 Å². The lowest BCUT2D eigenvalue weighted by atomic mass is 9.99. The molecule has 1 aliphatic rings. The Kier molecular flexibility index (Phi) is 5.03. The van der Waals surface area contributed by atoms with Gasteiger partial charge in [0.2, 0.25) is 0 Å². The molecule has 1 aliphatic heterocycles. The van der Waals surface area contributed by atoms with Crippen molar-refractivity contribution in [2.75, 3.05) is 26.7 Å². The average molecular weight is 348 g/mol. The largest absolute Gasteiger partial charge is 0.342 e. The highest BCUT2D eigenvalue weighted by Crippen LogP contribution is 2.28. The van der Waals surface area contributed by atoms with Crippen LogP contribution < -0.4 is 0 Å². The van der Waals surface area contributed by atoms with Crippen molar-refractivity contribution in [1.29, 1.82) is 0 Å². The SMILES string of the molecule is CCN(C)S(=O)(=O)N1CCC[C@@H](c2ncc(-c3ccccc3)[nH]2)C1. The first-order valence-corrected chi connectivity index (χ1v) is 9.73. The molecule has 2 heterocycles. The third kappa shape index (κ3) is 3.38. The second-order valence-corrected chi connectivity index (χ2v) is 8.20. The molecule has 1 aromatic carbocycles. The van der Waals surface area contributed by atoms with Crippen LogP contribution in [0.1, 0.15) is 31.5 Å². The maximum Gasteiger partial charge on any atom is 0.281 e. The molecule has 0 aliphatic carbocycles. The number of hydrogen-bond donors (Lipinski definition) is 1. The fourth-order valence-corrected chi connectivity index (χ4v) is 4.49. The Hall–Kier alpha value is -1.70. The second kappa shape index (κ2) is 7.04. The van der Waals surface area contributed by atoms with E-state index in [0.717, 1.165) is 29.9 Å². The molecular formula is C17H24N4O2S. The Labute approximate surface area is 143 Å². The Morgan fingerprint density at radius 1 is 1.33 bits per heavy atom. The first-order valence-electron chi connectivity index (χ1n) is 8.34. The molecule has 2 aromatic rings. The summed E-state index contributed by atoms with van der Waals surface area (Å²) < 4.78 is 28.1. The van der Waals surface area contributed by atoms with Crippen molar-refractivity contribution >= 4 is 10.2 Å². The molecule has 0 amide bonds. The van der Waals surface area contributed by atoms with Gasteiger partial charge in [-0.15, -0.1) is 0 Å². The van der Waals surface area contributed by atoms with Crippen LogP contribution in [0.5, 0.6) is 0 Å². The highest BCUT2D eigenvalue weighted by Gasteiger charge is 2.32. The van der Waals surface area contributed by atoms with Crippen LogP contribution in [0.4, 0.5) is 0 Å². The lowest BCUT2D eigenvalue weighted by Gasteiger charge is -2.33. The number of H-pyrrole nitrogens is 1. The van der Waals surface area contributed by atoms with E-state index in [1.807, 2.05) is 43.5 Å². The minimum absolute atomic E-state index is 0.108. The molecule has 1 aromatic heterocycles. The monoisotopic (exact) mass is 348 g/mol. The molecule has 1 saturated heterocycles. The Morgan fingerprint density at radius 3 is 2.79 bits per heavy atom. The number of imidazole rings is 1. The van der Waals surface area contributed by atoms with Crippen LogP contribution in [-0.2, 0) is 10.2 Å². The van der Waals surface area contributed by atoms with Gasteiger partial charge >= 0.3 is 0 Å². The molecule has 7 heteroatoms. The van der Waals surface area contributed by atoms with Gasteiger partial charge in [-0.2, -0.15) is 17.0 Å². The van der Waals surface area contributed by atoms with E-state index in [9.17, 15) is 8.42 Å². The number of nitrogens with one attached hydrogen (secondary N) is 1. The van der Waals surface area contributed by atoms with E-state index in [-0.39, 0.29) is 5.92 Å².